The summed E-state index contributed by atoms with van der Waals surface area (Å²) < 4.78 is 2.27. The van der Waals surface area contributed by atoms with E-state index in [1.54, 1.807) is 0 Å². The highest BCUT2D eigenvalue weighted by Gasteiger charge is 2.26. The van der Waals surface area contributed by atoms with Gasteiger partial charge in [0, 0.05) is 29.0 Å². The predicted octanol–water partition coefficient (Wildman–Crippen LogP) is 5.20. The van der Waals surface area contributed by atoms with Crippen molar-refractivity contribution < 1.29 is 0 Å². The highest BCUT2D eigenvalue weighted by atomic mass is 35.5. The molecule has 0 amide bonds. The highest BCUT2D eigenvalue weighted by Crippen LogP contribution is 2.41. The first kappa shape index (κ1) is 12.4. The average molecular weight is 305 g/mol. The lowest BCUT2D eigenvalue weighted by atomic mass is 9.91. The van der Waals surface area contributed by atoms with Crippen LogP contribution in [0.5, 0.6) is 0 Å². The minimum Gasteiger partial charge on any atom is -0.356 e. The number of hydrogen-bond donors (Lipinski definition) is 1. The number of halogens is 2. The standard InChI is InChI=1S/C16H14Cl2N2/c17-11-6-7-12-14(15(11)18)10-4-3-5-13(16(10)19-12)20-8-1-2-9-20/h1-2,6-9,13,19H,3-5H2. The van der Waals surface area contributed by atoms with Crippen molar-refractivity contribution in [3.05, 3.63) is 58.0 Å². The first-order valence-electron chi connectivity index (χ1n) is 6.86. The topological polar surface area (TPSA) is 20.7 Å². The lowest BCUT2D eigenvalue weighted by Gasteiger charge is -2.24. The highest BCUT2D eigenvalue weighted by molar-refractivity contribution is 6.45. The normalized spacial score (nSPS) is 18.4. The summed E-state index contributed by atoms with van der Waals surface area (Å²) in [4.78, 5) is 3.56. The van der Waals surface area contributed by atoms with Crippen LogP contribution in [-0.2, 0) is 6.42 Å². The van der Waals surface area contributed by atoms with Crippen LogP contribution in [0.15, 0.2) is 36.7 Å². The number of aromatic amines is 1. The maximum absolute atomic E-state index is 6.42. The van der Waals surface area contributed by atoms with E-state index >= 15 is 0 Å². The monoisotopic (exact) mass is 304 g/mol. The number of hydrogen-bond acceptors (Lipinski definition) is 0. The molecule has 0 saturated carbocycles. The number of rotatable bonds is 1. The summed E-state index contributed by atoms with van der Waals surface area (Å²) in [5, 5.41) is 2.41. The lowest BCUT2D eigenvalue weighted by molar-refractivity contribution is 0.484. The number of H-pyrrole nitrogens is 1. The summed E-state index contributed by atoms with van der Waals surface area (Å²) in [5.74, 6) is 0. The van der Waals surface area contributed by atoms with E-state index < -0.39 is 0 Å². The van der Waals surface area contributed by atoms with E-state index in [0.717, 1.165) is 23.7 Å². The van der Waals surface area contributed by atoms with Crippen LogP contribution in [0.25, 0.3) is 10.9 Å². The molecular formula is C16H14Cl2N2. The van der Waals surface area contributed by atoms with E-state index in [-0.39, 0.29) is 0 Å². The third kappa shape index (κ3) is 1.72. The maximum Gasteiger partial charge on any atom is 0.0732 e. The largest absolute Gasteiger partial charge is 0.356 e. The van der Waals surface area contributed by atoms with Gasteiger partial charge in [0.1, 0.15) is 0 Å². The van der Waals surface area contributed by atoms with Gasteiger partial charge in [0.15, 0.2) is 0 Å². The Labute approximate surface area is 127 Å². The Bertz CT molecular complexity index is 771. The fourth-order valence-corrected chi connectivity index (χ4v) is 3.76. The summed E-state index contributed by atoms with van der Waals surface area (Å²) in [6.07, 6.45) is 7.64. The molecule has 4 heteroatoms. The molecule has 3 aromatic rings. The van der Waals surface area contributed by atoms with Crippen LogP contribution in [0, 0.1) is 0 Å². The molecule has 4 rings (SSSR count). The summed E-state index contributed by atoms with van der Waals surface area (Å²) in [7, 11) is 0. The summed E-state index contributed by atoms with van der Waals surface area (Å²) >= 11 is 12.6. The van der Waals surface area contributed by atoms with Crippen molar-refractivity contribution in [2.24, 2.45) is 0 Å². The first-order chi connectivity index (χ1) is 9.75. The Kier molecular flexibility index (Phi) is 2.83. The maximum atomic E-state index is 6.42. The van der Waals surface area contributed by atoms with Crippen molar-refractivity contribution in [1.82, 2.24) is 9.55 Å². The Balaban J connectivity index is 1.98. The van der Waals surface area contributed by atoms with Gasteiger partial charge in [0.25, 0.3) is 0 Å². The van der Waals surface area contributed by atoms with Crippen molar-refractivity contribution in [2.45, 2.75) is 25.3 Å². The van der Waals surface area contributed by atoms with E-state index in [1.165, 1.54) is 17.7 Å². The summed E-state index contributed by atoms with van der Waals surface area (Å²) in [5.41, 5.74) is 3.70. The first-order valence-corrected chi connectivity index (χ1v) is 7.62. The van der Waals surface area contributed by atoms with Crippen LogP contribution < -0.4 is 0 Å². The molecule has 2 nitrogen and oxygen atoms in total. The van der Waals surface area contributed by atoms with Crippen molar-refractivity contribution in [2.75, 3.05) is 0 Å². The Hall–Kier alpha value is -1.38. The second kappa shape index (κ2) is 4.57. The molecule has 1 aliphatic rings. The van der Waals surface area contributed by atoms with Gasteiger partial charge in [-0.15, -0.1) is 0 Å². The van der Waals surface area contributed by atoms with E-state index in [0.29, 0.717) is 16.1 Å². The smallest absolute Gasteiger partial charge is 0.0732 e. The van der Waals surface area contributed by atoms with E-state index in [1.807, 2.05) is 12.1 Å². The molecule has 0 bridgehead atoms. The Morgan fingerprint density at radius 2 is 1.95 bits per heavy atom. The Morgan fingerprint density at radius 3 is 2.75 bits per heavy atom. The van der Waals surface area contributed by atoms with Crippen LogP contribution in [0.4, 0.5) is 0 Å². The zero-order chi connectivity index (χ0) is 13.7. The van der Waals surface area contributed by atoms with Gasteiger partial charge < -0.3 is 9.55 Å². The van der Waals surface area contributed by atoms with Crippen molar-refractivity contribution in [1.29, 1.82) is 0 Å². The van der Waals surface area contributed by atoms with Gasteiger partial charge in [-0.1, -0.05) is 23.2 Å². The molecule has 1 N–H and O–H groups in total. The fraction of sp³-hybridized carbons (Fsp3) is 0.250. The van der Waals surface area contributed by atoms with Gasteiger partial charge in [0.05, 0.1) is 16.1 Å². The molecular weight excluding hydrogens is 291 g/mol. The molecule has 2 aromatic heterocycles. The van der Waals surface area contributed by atoms with E-state index in [9.17, 15) is 0 Å². The zero-order valence-corrected chi connectivity index (χ0v) is 12.4. The van der Waals surface area contributed by atoms with Gasteiger partial charge in [-0.05, 0) is 49.1 Å². The molecule has 0 fully saturated rings. The second-order valence-corrected chi connectivity index (χ2v) is 6.12. The molecule has 0 radical (unpaired) electrons. The van der Waals surface area contributed by atoms with Gasteiger partial charge in [-0.3, -0.25) is 0 Å². The van der Waals surface area contributed by atoms with Crippen molar-refractivity contribution in [3.8, 4) is 0 Å². The third-order valence-electron chi connectivity index (χ3n) is 4.22. The molecule has 0 saturated heterocycles. The van der Waals surface area contributed by atoms with E-state index in [2.05, 4.69) is 34.1 Å². The second-order valence-electron chi connectivity index (χ2n) is 5.34. The number of benzene rings is 1. The molecule has 102 valence electrons. The average Bonchev–Trinajstić information content (AvgIpc) is 3.09. The van der Waals surface area contributed by atoms with Crippen LogP contribution in [-0.4, -0.2) is 9.55 Å². The SMILES string of the molecule is Clc1ccc2[nH]c3c(c2c1Cl)CCCC3n1cccc1. The summed E-state index contributed by atoms with van der Waals surface area (Å²) in [6, 6.07) is 8.39. The zero-order valence-electron chi connectivity index (χ0n) is 10.9. The van der Waals surface area contributed by atoms with Crippen molar-refractivity contribution >= 4 is 34.1 Å². The molecule has 0 spiro atoms. The molecule has 1 aromatic carbocycles. The van der Waals surface area contributed by atoms with E-state index in [4.69, 9.17) is 23.2 Å². The lowest BCUT2D eigenvalue weighted by Crippen LogP contribution is -2.15. The van der Waals surface area contributed by atoms with Crippen LogP contribution in [0.3, 0.4) is 0 Å². The molecule has 0 aliphatic heterocycles. The minimum absolute atomic E-state index is 0.371. The number of aryl methyl sites for hydroxylation is 1. The summed E-state index contributed by atoms with van der Waals surface area (Å²) in [6.45, 7) is 0. The minimum atomic E-state index is 0.371. The number of nitrogens with zero attached hydrogens (tertiary/aromatic N) is 1. The fourth-order valence-electron chi connectivity index (χ4n) is 3.32. The van der Waals surface area contributed by atoms with Crippen molar-refractivity contribution in [3.63, 3.8) is 0 Å². The Morgan fingerprint density at radius 1 is 1.15 bits per heavy atom. The van der Waals surface area contributed by atoms with Gasteiger partial charge >= 0.3 is 0 Å². The third-order valence-corrected chi connectivity index (χ3v) is 5.02. The predicted molar refractivity (Wildman–Crippen MR) is 83.8 cm³/mol. The molecule has 1 unspecified atom stereocenters. The van der Waals surface area contributed by atoms with Gasteiger partial charge in [0.2, 0.25) is 0 Å². The quantitative estimate of drug-likeness (QED) is 0.638. The number of aromatic nitrogens is 2. The van der Waals surface area contributed by atoms with Crippen LogP contribution >= 0.6 is 23.2 Å². The molecule has 20 heavy (non-hydrogen) atoms. The van der Waals surface area contributed by atoms with Crippen LogP contribution in [0.2, 0.25) is 10.0 Å². The number of fused-ring (bicyclic) bond motifs is 3. The van der Waals surface area contributed by atoms with Gasteiger partial charge in [-0.2, -0.15) is 0 Å². The molecule has 2 heterocycles. The molecule has 1 aliphatic carbocycles. The van der Waals surface area contributed by atoms with Crippen LogP contribution in [0.1, 0.15) is 30.1 Å². The van der Waals surface area contributed by atoms with Gasteiger partial charge in [-0.25, -0.2) is 0 Å². The molecule has 1 atom stereocenters. The number of nitrogens with one attached hydrogen (secondary N) is 1.